The standard InChI is InChI=1S/C23H34N4O4/c1-4-14-30-20-8-10-21(11-9-20)31-22-19(7-5-12-25-22)18-27-23(24-2)26-13-6-15-29-17-16-28-3/h5,7-12H,4,6,13-18H2,1-3H3,(H2,24,26,27). The number of ether oxygens (including phenoxy) is 4. The SMILES string of the molecule is CCCOc1ccc(Oc2ncccc2CNC(=NC)NCCCOCCOC)cc1. The maximum atomic E-state index is 5.99. The first-order chi connectivity index (χ1) is 15.3. The number of aliphatic imine (C=N–C) groups is 1. The number of nitrogens with zero attached hydrogens (tertiary/aromatic N) is 2. The molecule has 1 aromatic carbocycles. The van der Waals surface area contributed by atoms with Crippen molar-refractivity contribution >= 4 is 5.96 Å². The maximum Gasteiger partial charge on any atom is 0.224 e. The highest BCUT2D eigenvalue weighted by Crippen LogP contribution is 2.25. The first-order valence-electron chi connectivity index (χ1n) is 10.6. The minimum Gasteiger partial charge on any atom is -0.494 e. The first-order valence-corrected chi connectivity index (χ1v) is 10.6. The fourth-order valence-corrected chi connectivity index (χ4v) is 2.61. The Hall–Kier alpha value is -2.84. The molecule has 8 heteroatoms. The van der Waals surface area contributed by atoms with Crippen molar-refractivity contribution in [3.05, 3.63) is 48.2 Å². The molecule has 0 aliphatic rings. The second-order valence-electron chi connectivity index (χ2n) is 6.70. The van der Waals surface area contributed by atoms with E-state index in [0.717, 1.165) is 30.7 Å². The minimum atomic E-state index is 0.533. The molecule has 0 aliphatic carbocycles. The molecule has 2 aromatic rings. The van der Waals surface area contributed by atoms with Crippen molar-refractivity contribution < 1.29 is 18.9 Å². The largest absolute Gasteiger partial charge is 0.494 e. The number of pyridine rings is 1. The summed E-state index contributed by atoms with van der Waals surface area (Å²) in [7, 11) is 3.41. The summed E-state index contributed by atoms with van der Waals surface area (Å²) in [6.45, 7) is 5.98. The lowest BCUT2D eigenvalue weighted by Crippen LogP contribution is -2.37. The number of rotatable bonds is 14. The Bertz CT molecular complexity index is 768. The minimum absolute atomic E-state index is 0.533. The van der Waals surface area contributed by atoms with E-state index in [4.69, 9.17) is 18.9 Å². The van der Waals surface area contributed by atoms with Crippen LogP contribution in [0.2, 0.25) is 0 Å². The Balaban J connectivity index is 1.81. The summed E-state index contributed by atoms with van der Waals surface area (Å²) in [4.78, 5) is 8.64. The molecule has 0 amide bonds. The van der Waals surface area contributed by atoms with Crippen molar-refractivity contribution in [3.8, 4) is 17.4 Å². The maximum absolute atomic E-state index is 5.99. The van der Waals surface area contributed by atoms with Crippen LogP contribution >= 0.6 is 0 Å². The van der Waals surface area contributed by atoms with Gasteiger partial charge in [-0.05, 0) is 43.2 Å². The Kier molecular flexibility index (Phi) is 11.8. The molecule has 2 rings (SSSR count). The quantitative estimate of drug-likeness (QED) is 0.270. The lowest BCUT2D eigenvalue weighted by Gasteiger charge is -2.14. The fourth-order valence-electron chi connectivity index (χ4n) is 2.61. The van der Waals surface area contributed by atoms with Gasteiger partial charge in [-0.1, -0.05) is 13.0 Å². The van der Waals surface area contributed by atoms with E-state index in [1.165, 1.54) is 0 Å². The lowest BCUT2D eigenvalue weighted by molar-refractivity contribution is 0.0698. The van der Waals surface area contributed by atoms with Gasteiger partial charge in [0.25, 0.3) is 0 Å². The van der Waals surface area contributed by atoms with E-state index in [1.54, 1.807) is 20.4 Å². The molecule has 0 aliphatic heterocycles. The van der Waals surface area contributed by atoms with E-state index in [0.29, 0.717) is 50.6 Å². The van der Waals surface area contributed by atoms with E-state index in [2.05, 4.69) is 27.5 Å². The molecular formula is C23H34N4O4. The summed E-state index contributed by atoms with van der Waals surface area (Å²) >= 11 is 0. The van der Waals surface area contributed by atoms with Gasteiger partial charge < -0.3 is 29.6 Å². The van der Waals surface area contributed by atoms with Gasteiger partial charge in [0.2, 0.25) is 5.88 Å². The van der Waals surface area contributed by atoms with Gasteiger partial charge in [-0.3, -0.25) is 4.99 Å². The van der Waals surface area contributed by atoms with E-state index < -0.39 is 0 Å². The first kappa shape index (κ1) is 24.4. The molecule has 0 saturated carbocycles. The van der Waals surface area contributed by atoms with Gasteiger partial charge in [0.15, 0.2) is 5.96 Å². The number of nitrogens with one attached hydrogen (secondary N) is 2. The van der Waals surface area contributed by atoms with Crippen molar-refractivity contribution in [2.75, 3.05) is 47.1 Å². The van der Waals surface area contributed by atoms with Crippen LogP contribution in [0.25, 0.3) is 0 Å². The van der Waals surface area contributed by atoms with E-state index in [1.807, 2.05) is 36.4 Å². The zero-order chi connectivity index (χ0) is 22.2. The molecule has 0 spiro atoms. The summed E-state index contributed by atoms with van der Waals surface area (Å²) < 4.78 is 22.0. The molecule has 0 radical (unpaired) electrons. The van der Waals surface area contributed by atoms with Gasteiger partial charge in [-0.15, -0.1) is 0 Å². The van der Waals surface area contributed by atoms with Gasteiger partial charge >= 0.3 is 0 Å². The molecule has 0 atom stereocenters. The third kappa shape index (κ3) is 9.67. The monoisotopic (exact) mass is 430 g/mol. The average molecular weight is 431 g/mol. The third-order valence-electron chi connectivity index (χ3n) is 4.22. The van der Waals surface area contributed by atoms with Gasteiger partial charge in [-0.2, -0.15) is 0 Å². The molecular weight excluding hydrogens is 396 g/mol. The highest BCUT2D eigenvalue weighted by atomic mass is 16.5. The predicted octanol–water partition coefficient (Wildman–Crippen LogP) is 3.38. The average Bonchev–Trinajstić information content (AvgIpc) is 2.81. The normalized spacial score (nSPS) is 11.3. The Morgan fingerprint density at radius 3 is 2.55 bits per heavy atom. The Labute approximate surface area is 185 Å². The number of hydrogen-bond acceptors (Lipinski definition) is 6. The van der Waals surface area contributed by atoms with Gasteiger partial charge in [-0.25, -0.2) is 4.98 Å². The smallest absolute Gasteiger partial charge is 0.224 e. The molecule has 1 aromatic heterocycles. The molecule has 2 N–H and O–H groups in total. The number of hydrogen-bond donors (Lipinski definition) is 2. The summed E-state index contributed by atoms with van der Waals surface area (Å²) in [5.41, 5.74) is 0.930. The number of methoxy groups -OCH3 is 1. The van der Waals surface area contributed by atoms with Gasteiger partial charge in [0.05, 0.1) is 19.8 Å². The fraction of sp³-hybridized carbons (Fsp3) is 0.478. The van der Waals surface area contributed by atoms with Crippen molar-refractivity contribution in [3.63, 3.8) is 0 Å². The summed E-state index contributed by atoms with van der Waals surface area (Å²) in [5, 5.41) is 6.57. The van der Waals surface area contributed by atoms with Crippen LogP contribution in [-0.2, 0) is 16.0 Å². The molecule has 8 nitrogen and oxygen atoms in total. The highest BCUT2D eigenvalue weighted by Gasteiger charge is 2.08. The number of guanidine groups is 1. The molecule has 0 fully saturated rings. The number of aromatic nitrogens is 1. The van der Waals surface area contributed by atoms with Gasteiger partial charge in [0, 0.05) is 45.6 Å². The molecule has 31 heavy (non-hydrogen) atoms. The van der Waals surface area contributed by atoms with Crippen molar-refractivity contribution in [2.45, 2.75) is 26.3 Å². The van der Waals surface area contributed by atoms with Gasteiger partial charge in [0.1, 0.15) is 11.5 Å². The zero-order valence-electron chi connectivity index (χ0n) is 18.7. The van der Waals surface area contributed by atoms with E-state index in [9.17, 15) is 0 Å². The lowest BCUT2D eigenvalue weighted by atomic mass is 10.2. The van der Waals surface area contributed by atoms with Crippen molar-refractivity contribution in [1.82, 2.24) is 15.6 Å². The van der Waals surface area contributed by atoms with Crippen LogP contribution in [0.1, 0.15) is 25.3 Å². The summed E-state index contributed by atoms with van der Waals surface area (Å²) in [6.07, 6.45) is 3.57. The van der Waals surface area contributed by atoms with Crippen LogP contribution in [0, 0.1) is 0 Å². The molecule has 170 valence electrons. The molecule has 0 saturated heterocycles. The van der Waals surface area contributed by atoms with E-state index in [-0.39, 0.29) is 0 Å². The molecule has 0 bridgehead atoms. The van der Waals surface area contributed by atoms with Crippen LogP contribution in [0.15, 0.2) is 47.6 Å². The van der Waals surface area contributed by atoms with Crippen molar-refractivity contribution in [1.29, 1.82) is 0 Å². The predicted molar refractivity (Wildman–Crippen MR) is 122 cm³/mol. The van der Waals surface area contributed by atoms with Crippen LogP contribution in [-0.4, -0.2) is 58.1 Å². The second-order valence-corrected chi connectivity index (χ2v) is 6.70. The highest BCUT2D eigenvalue weighted by molar-refractivity contribution is 5.79. The Morgan fingerprint density at radius 1 is 1.00 bits per heavy atom. The van der Waals surface area contributed by atoms with Crippen LogP contribution in [0.5, 0.6) is 17.4 Å². The summed E-state index contributed by atoms with van der Waals surface area (Å²) in [5.74, 6) is 2.80. The topological polar surface area (TPSA) is 86.2 Å². The molecule has 0 unspecified atom stereocenters. The third-order valence-corrected chi connectivity index (χ3v) is 4.22. The number of benzene rings is 1. The molecule has 1 heterocycles. The van der Waals surface area contributed by atoms with Crippen LogP contribution in [0.3, 0.4) is 0 Å². The van der Waals surface area contributed by atoms with E-state index >= 15 is 0 Å². The Morgan fingerprint density at radius 2 is 1.81 bits per heavy atom. The van der Waals surface area contributed by atoms with Crippen LogP contribution in [0.4, 0.5) is 0 Å². The zero-order valence-corrected chi connectivity index (χ0v) is 18.7. The van der Waals surface area contributed by atoms with Crippen LogP contribution < -0.4 is 20.1 Å². The summed E-state index contributed by atoms with van der Waals surface area (Å²) in [6, 6.07) is 11.4. The van der Waals surface area contributed by atoms with Crippen molar-refractivity contribution in [2.24, 2.45) is 4.99 Å². The second kappa shape index (κ2) is 15.0.